The quantitative estimate of drug-likeness (QED) is 0.698. The van der Waals surface area contributed by atoms with Crippen molar-refractivity contribution in [2.75, 3.05) is 46.5 Å². The minimum Gasteiger partial charge on any atom is -0.492 e. The van der Waals surface area contributed by atoms with E-state index in [4.69, 9.17) is 9.47 Å². The van der Waals surface area contributed by atoms with E-state index in [9.17, 15) is 9.18 Å². The van der Waals surface area contributed by atoms with Gasteiger partial charge < -0.3 is 19.7 Å². The van der Waals surface area contributed by atoms with Crippen molar-refractivity contribution in [3.8, 4) is 5.75 Å². The number of ether oxygens (including phenoxy) is 2. The SMILES string of the molecule is COCCN(CCOc1ccc(F)cc1)C(=O)c1cn(C2CCNCC2)nn1. The molecule has 0 bridgehead atoms. The Morgan fingerprint density at radius 3 is 2.68 bits per heavy atom. The van der Waals surface area contributed by atoms with E-state index in [2.05, 4.69) is 15.6 Å². The molecular weight excluding hydrogens is 365 g/mol. The van der Waals surface area contributed by atoms with Gasteiger partial charge in [-0.1, -0.05) is 5.21 Å². The number of benzene rings is 1. The first-order valence-electron chi connectivity index (χ1n) is 9.46. The monoisotopic (exact) mass is 391 g/mol. The van der Waals surface area contributed by atoms with Gasteiger partial charge >= 0.3 is 0 Å². The van der Waals surface area contributed by atoms with Crippen molar-refractivity contribution in [1.29, 1.82) is 0 Å². The van der Waals surface area contributed by atoms with E-state index < -0.39 is 0 Å². The van der Waals surface area contributed by atoms with Crippen molar-refractivity contribution in [1.82, 2.24) is 25.2 Å². The Kier molecular flexibility index (Phi) is 7.32. The predicted octanol–water partition coefficient (Wildman–Crippen LogP) is 1.51. The van der Waals surface area contributed by atoms with Crippen LogP contribution in [0, 0.1) is 5.82 Å². The summed E-state index contributed by atoms with van der Waals surface area (Å²) >= 11 is 0. The number of carbonyl (C=O) groups excluding carboxylic acids is 1. The van der Waals surface area contributed by atoms with Gasteiger partial charge in [-0.05, 0) is 50.2 Å². The molecule has 1 amide bonds. The van der Waals surface area contributed by atoms with Crippen molar-refractivity contribution in [2.24, 2.45) is 0 Å². The molecule has 1 aromatic carbocycles. The summed E-state index contributed by atoms with van der Waals surface area (Å²) in [7, 11) is 1.59. The molecule has 0 spiro atoms. The minimum atomic E-state index is -0.318. The molecule has 0 radical (unpaired) electrons. The molecule has 0 saturated carbocycles. The molecule has 9 heteroatoms. The van der Waals surface area contributed by atoms with Crippen LogP contribution in [-0.4, -0.2) is 72.3 Å². The third-order valence-electron chi connectivity index (χ3n) is 4.71. The maximum absolute atomic E-state index is 13.0. The second kappa shape index (κ2) is 10.1. The number of hydrogen-bond donors (Lipinski definition) is 1. The fraction of sp³-hybridized carbons (Fsp3) is 0.526. The number of nitrogens with one attached hydrogen (secondary N) is 1. The lowest BCUT2D eigenvalue weighted by Crippen LogP contribution is -2.37. The zero-order chi connectivity index (χ0) is 19.8. The number of hydrogen-bond acceptors (Lipinski definition) is 6. The van der Waals surface area contributed by atoms with E-state index in [1.54, 1.807) is 35.0 Å². The number of methoxy groups -OCH3 is 1. The number of amides is 1. The Hall–Kier alpha value is -2.52. The van der Waals surface area contributed by atoms with Crippen LogP contribution in [0.5, 0.6) is 5.75 Å². The molecule has 0 aliphatic carbocycles. The van der Waals surface area contributed by atoms with Gasteiger partial charge in [-0.25, -0.2) is 9.07 Å². The van der Waals surface area contributed by atoms with Crippen molar-refractivity contribution in [2.45, 2.75) is 18.9 Å². The van der Waals surface area contributed by atoms with E-state index >= 15 is 0 Å². The number of halogens is 1. The lowest BCUT2D eigenvalue weighted by molar-refractivity contribution is 0.0660. The molecule has 2 aromatic rings. The molecule has 1 N–H and O–H groups in total. The third kappa shape index (κ3) is 5.49. The van der Waals surface area contributed by atoms with Crippen LogP contribution >= 0.6 is 0 Å². The summed E-state index contributed by atoms with van der Waals surface area (Å²) in [6.07, 6.45) is 3.66. The van der Waals surface area contributed by atoms with Crippen LogP contribution in [0.3, 0.4) is 0 Å². The van der Waals surface area contributed by atoms with Crippen molar-refractivity contribution in [3.05, 3.63) is 42.0 Å². The highest BCUT2D eigenvalue weighted by molar-refractivity contribution is 5.91. The zero-order valence-corrected chi connectivity index (χ0v) is 16.0. The first kappa shape index (κ1) is 20.2. The molecule has 1 fully saturated rings. The van der Waals surface area contributed by atoms with Gasteiger partial charge in [0, 0.05) is 13.7 Å². The molecule has 3 rings (SSSR count). The van der Waals surface area contributed by atoms with Crippen LogP contribution in [0.2, 0.25) is 0 Å². The predicted molar refractivity (Wildman–Crippen MR) is 101 cm³/mol. The molecule has 1 aromatic heterocycles. The average Bonchev–Trinajstić information content (AvgIpc) is 3.22. The van der Waals surface area contributed by atoms with E-state index in [0.717, 1.165) is 25.9 Å². The van der Waals surface area contributed by atoms with Gasteiger partial charge in [-0.15, -0.1) is 5.10 Å². The van der Waals surface area contributed by atoms with Crippen molar-refractivity contribution < 1.29 is 18.7 Å². The van der Waals surface area contributed by atoms with E-state index in [1.165, 1.54) is 12.1 Å². The molecule has 2 heterocycles. The Morgan fingerprint density at radius 1 is 1.25 bits per heavy atom. The van der Waals surface area contributed by atoms with Crippen LogP contribution in [0.25, 0.3) is 0 Å². The largest absolute Gasteiger partial charge is 0.492 e. The Morgan fingerprint density at radius 2 is 1.96 bits per heavy atom. The number of rotatable bonds is 9. The molecule has 0 atom stereocenters. The summed E-state index contributed by atoms with van der Waals surface area (Å²) in [5.74, 6) is 0.0263. The summed E-state index contributed by atoms with van der Waals surface area (Å²) in [4.78, 5) is 14.5. The van der Waals surface area contributed by atoms with Crippen molar-refractivity contribution >= 4 is 5.91 Å². The Bertz CT molecular complexity index is 746. The molecule has 0 unspecified atom stereocenters. The number of aromatic nitrogens is 3. The fourth-order valence-corrected chi connectivity index (χ4v) is 3.11. The summed E-state index contributed by atoms with van der Waals surface area (Å²) in [6.45, 7) is 3.35. The normalized spacial score (nSPS) is 14.8. The second-order valence-electron chi connectivity index (χ2n) is 6.65. The average molecular weight is 391 g/mol. The van der Waals surface area contributed by atoms with Crippen LogP contribution in [0.4, 0.5) is 4.39 Å². The molecule has 152 valence electrons. The van der Waals surface area contributed by atoms with Gasteiger partial charge in [-0.2, -0.15) is 0 Å². The van der Waals surface area contributed by atoms with Gasteiger partial charge in [0.1, 0.15) is 18.2 Å². The van der Waals surface area contributed by atoms with Crippen LogP contribution in [0.1, 0.15) is 29.4 Å². The number of nitrogens with zero attached hydrogens (tertiary/aromatic N) is 4. The zero-order valence-electron chi connectivity index (χ0n) is 16.0. The molecule has 1 aliphatic heterocycles. The van der Waals surface area contributed by atoms with E-state index in [1.807, 2.05) is 0 Å². The first-order chi connectivity index (χ1) is 13.7. The van der Waals surface area contributed by atoms with Gasteiger partial charge in [-0.3, -0.25) is 4.79 Å². The lowest BCUT2D eigenvalue weighted by Gasteiger charge is -2.22. The second-order valence-corrected chi connectivity index (χ2v) is 6.65. The highest BCUT2D eigenvalue weighted by Crippen LogP contribution is 2.17. The lowest BCUT2D eigenvalue weighted by atomic mass is 10.1. The highest BCUT2D eigenvalue weighted by atomic mass is 19.1. The molecule has 8 nitrogen and oxygen atoms in total. The van der Waals surface area contributed by atoms with Crippen LogP contribution < -0.4 is 10.1 Å². The minimum absolute atomic E-state index is 0.208. The maximum Gasteiger partial charge on any atom is 0.276 e. The highest BCUT2D eigenvalue weighted by Gasteiger charge is 2.22. The van der Waals surface area contributed by atoms with Gasteiger partial charge in [0.05, 0.1) is 25.4 Å². The van der Waals surface area contributed by atoms with Gasteiger partial charge in [0.15, 0.2) is 5.69 Å². The number of piperidine rings is 1. The summed E-state index contributed by atoms with van der Waals surface area (Å²) in [5.41, 5.74) is 0.316. The number of carbonyl (C=O) groups is 1. The third-order valence-corrected chi connectivity index (χ3v) is 4.71. The molecule has 1 saturated heterocycles. The van der Waals surface area contributed by atoms with Crippen molar-refractivity contribution in [3.63, 3.8) is 0 Å². The summed E-state index contributed by atoms with van der Waals surface area (Å²) in [5, 5.41) is 11.5. The summed E-state index contributed by atoms with van der Waals surface area (Å²) in [6, 6.07) is 6.05. The maximum atomic E-state index is 13.0. The smallest absolute Gasteiger partial charge is 0.276 e. The van der Waals surface area contributed by atoms with E-state index in [0.29, 0.717) is 31.1 Å². The topological polar surface area (TPSA) is 81.5 Å². The standard InChI is InChI=1S/C19H26FN5O3/c1-27-12-10-24(11-13-28-17-4-2-15(20)3-5-17)19(26)18-14-25(23-22-18)16-6-8-21-9-7-16/h2-5,14,16,21H,6-13H2,1H3. The van der Waals surface area contributed by atoms with Crippen LogP contribution in [0.15, 0.2) is 30.5 Å². The summed E-state index contributed by atoms with van der Waals surface area (Å²) < 4.78 is 25.5. The first-order valence-corrected chi connectivity index (χ1v) is 9.46. The van der Waals surface area contributed by atoms with Gasteiger partial charge in [0.25, 0.3) is 5.91 Å². The van der Waals surface area contributed by atoms with Crippen LogP contribution in [-0.2, 0) is 4.74 Å². The van der Waals surface area contributed by atoms with E-state index in [-0.39, 0.29) is 24.4 Å². The molecule has 28 heavy (non-hydrogen) atoms. The van der Waals surface area contributed by atoms with Gasteiger partial charge in [0.2, 0.25) is 0 Å². The molecule has 1 aliphatic rings. The fourth-order valence-electron chi connectivity index (χ4n) is 3.11. The Balaban J connectivity index is 1.59. The Labute approximate surface area is 163 Å². The molecular formula is C19H26FN5O3.